The van der Waals surface area contributed by atoms with Gasteiger partial charge in [-0.15, -0.1) is 0 Å². The number of carbonyl (C=O) groups excluding carboxylic acids is 1. The van der Waals surface area contributed by atoms with E-state index in [4.69, 9.17) is 0 Å². The first kappa shape index (κ1) is 23.0. The van der Waals surface area contributed by atoms with Crippen LogP contribution < -0.4 is 0 Å². The predicted molar refractivity (Wildman–Crippen MR) is 133 cm³/mol. The van der Waals surface area contributed by atoms with Crippen LogP contribution in [0.4, 0.5) is 0 Å². The van der Waals surface area contributed by atoms with Crippen LogP contribution in [-0.2, 0) is 0 Å². The monoisotopic (exact) mass is 432 g/mol. The fourth-order valence-electron chi connectivity index (χ4n) is 5.91. The van der Waals surface area contributed by atoms with Crippen molar-refractivity contribution in [3.63, 3.8) is 0 Å². The van der Waals surface area contributed by atoms with Crippen molar-refractivity contribution in [2.24, 2.45) is 11.8 Å². The van der Waals surface area contributed by atoms with Gasteiger partial charge in [0.2, 0.25) is 0 Å². The Morgan fingerprint density at radius 2 is 1.66 bits per heavy atom. The highest BCUT2D eigenvalue weighted by molar-refractivity contribution is 5.94. The number of carbonyl (C=O) groups is 1. The molecular formula is C29H40N2O. The molecule has 1 aliphatic carbocycles. The molecule has 2 fully saturated rings. The number of benzene rings is 2. The van der Waals surface area contributed by atoms with E-state index in [0.717, 1.165) is 31.1 Å². The maximum Gasteiger partial charge on any atom is 0.254 e. The lowest BCUT2D eigenvalue weighted by molar-refractivity contribution is 0.0668. The number of amides is 1. The van der Waals surface area contributed by atoms with Gasteiger partial charge < -0.3 is 9.80 Å². The van der Waals surface area contributed by atoms with Crippen molar-refractivity contribution >= 4 is 5.91 Å². The van der Waals surface area contributed by atoms with Gasteiger partial charge in [-0.05, 0) is 68.7 Å². The van der Waals surface area contributed by atoms with E-state index < -0.39 is 0 Å². The maximum absolute atomic E-state index is 13.4. The first-order chi connectivity index (χ1) is 15.5. The van der Waals surface area contributed by atoms with Crippen LogP contribution in [0.5, 0.6) is 0 Å². The van der Waals surface area contributed by atoms with Gasteiger partial charge >= 0.3 is 0 Å². The molecule has 2 unspecified atom stereocenters. The molecule has 3 nitrogen and oxygen atoms in total. The summed E-state index contributed by atoms with van der Waals surface area (Å²) in [5.74, 6) is 1.97. The largest absolute Gasteiger partial charge is 0.336 e. The fraction of sp³-hybridized carbons (Fsp3) is 0.552. The number of aryl methyl sites for hydroxylation is 1. The van der Waals surface area contributed by atoms with E-state index in [9.17, 15) is 4.79 Å². The van der Waals surface area contributed by atoms with Gasteiger partial charge in [-0.2, -0.15) is 0 Å². The summed E-state index contributed by atoms with van der Waals surface area (Å²) < 4.78 is 0. The van der Waals surface area contributed by atoms with Gasteiger partial charge in [-0.1, -0.05) is 61.7 Å². The molecule has 2 aromatic rings. The van der Waals surface area contributed by atoms with Gasteiger partial charge in [0.25, 0.3) is 5.91 Å². The first-order valence-electron chi connectivity index (χ1n) is 12.7. The van der Waals surface area contributed by atoms with Crippen LogP contribution in [0.25, 0.3) is 0 Å². The molecule has 0 N–H and O–H groups in total. The van der Waals surface area contributed by atoms with E-state index >= 15 is 0 Å². The molecule has 2 aliphatic rings. The normalized spacial score (nSPS) is 22.4. The Hall–Kier alpha value is -2.13. The van der Waals surface area contributed by atoms with Crippen LogP contribution >= 0.6 is 0 Å². The van der Waals surface area contributed by atoms with Gasteiger partial charge in [0.1, 0.15) is 0 Å². The number of likely N-dealkylation sites (tertiary alicyclic amines) is 1. The van der Waals surface area contributed by atoms with Gasteiger partial charge in [0.05, 0.1) is 0 Å². The average Bonchev–Trinajstić information content (AvgIpc) is 3.20. The lowest BCUT2D eigenvalue weighted by Crippen LogP contribution is -2.42. The zero-order valence-corrected chi connectivity index (χ0v) is 20.2. The van der Waals surface area contributed by atoms with Crippen molar-refractivity contribution in [2.75, 3.05) is 26.2 Å². The molecule has 1 saturated heterocycles. The van der Waals surface area contributed by atoms with Crippen LogP contribution in [0.3, 0.4) is 0 Å². The summed E-state index contributed by atoms with van der Waals surface area (Å²) in [6.45, 7) is 10.8. The quantitative estimate of drug-likeness (QED) is 0.524. The molecular weight excluding hydrogens is 392 g/mol. The summed E-state index contributed by atoms with van der Waals surface area (Å²) in [4.78, 5) is 18.2. The van der Waals surface area contributed by atoms with E-state index in [1.54, 1.807) is 0 Å². The third-order valence-corrected chi connectivity index (χ3v) is 7.68. The molecule has 172 valence electrons. The minimum Gasteiger partial charge on any atom is -0.336 e. The molecule has 1 aliphatic heterocycles. The van der Waals surface area contributed by atoms with Gasteiger partial charge in [0.15, 0.2) is 0 Å². The van der Waals surface area contributed by atoms with Crippen molar-refractivity contribution < 1.29 is 4.79 Å². The van der Waals surface area contributed by atoms with Crippen molar-refractivity contribution in [3.8, 4) is 0 Å². The van der Waals surface area contributed by atoms with Crippen LogP contribution in [0, 0.1) is 18.8 Å². The van der Waals surface area contributed by atoms with Crippen molar-refractivity contribution in [2.45, 2.75) is 64.8 Å². The first-order valence-corrected chi connectivity index (χ1v) is 12.7. The van der Waals surface area contributed by atoms with Crippen molar-refractivity contribution in [3.05, 3.63) is 71.3 Å². The zero-order valence-electron chi connectivity index (χ0n) is 20.2. The summed E-state index contributed by atoms with van der Waals surface area (Å²) in [7, 11) is 0. The average molecular weight is 433 g/mol. The highest BCUT2D eigenvalue weighted by Crippen LogP contribution is 2.37. The number of rotatable bonds is 7. The molecule has 0 bridgehead atoms. The Kier molecular flexibility index (Phi) is 7.67. The Bertz CT molecular complexity index is 872. The summed E-state index contributed by atoms with van der Waals surface area (Å²) in [5, 5.41) is 0. The predicted octanol–water partition coefficient (Wildman–Crippen LogP) is 6.14. The maximum atomic E-state index is 13.4. The molecule has 3 heteroatoms. The third-order valence-electron chi connectivity index (χ3n) is 7.68. The van der Waals surface area contributed by atoms with Gasteiger partial charge in [-0.25, -0.2) is 0 Å². The Labute approximate surface area is 194 Å². The summed E-state index contributed by atoms with van der Waals surface area (Å²) >= 11 is 0. The standard InChI is InChI=1S/C29H40N2O/c1-22(2)31(29(32)25-15-8-5-9-16-25)20-26-19-30(18-24-13-6-4-7-14-24)21-28(26)27-17-11-10-12-23(27)3/h5,8-12,15-17,22,24,26,28H,4,6-7,13-14,18-21H2,1-3H3. The molecule has 0 aromatic heterocycles. The van der Waals surface area contributed by atoms with E-state index in [0.29, 0.717) is 11.8 Å². The number of hydrogen-bond acceptors (Lipinski definition) is 2. The molecule has 1 amide bonds. The van der Waals surface area contributed by atoms with E-state index in [1.165, 1.54) is 49.8 Å². The van der Waals surface area contributed by atoms with E-state index in [1.807, 2.05) is 30.3 Å². The van der Waals surface area contributed by atoms with Crippen molar-refractivity contribution in [1.82, 2.24) is 9.80 Å². The molecule has 0 radical (unpaired) electrons. The number of nitrogens with zero attached hydrogens (tertiary/aromatic N) is 2. The highest BCUT2D eigenvalue weighted by atomic mass is 16.2. The number of hydrogen-bond donors (Lipinski definition) is 0. The van der Waals surface area contributed by atoms with Crippen LogP contribution in [-0.4, -0.2) is 47.9 Å². The molecule has 32 heavy (non-hydrogen) atoms. The molecule has 4 rings (SSSR count). The minimum absolute atomic E-state index is 0.162. The van der Waals surface area contributed by atoms with Gasteiger partial charge in [0, 0.05) is 43.7 Å². The Morgan fingerprint density at radius 1 is 0.969 bits per heavy atom. The summed E-state index contributed by atoms with van der Waals surface area (Å²) in [6, 6.07) is 18.9. The lowest BCUT2D eigenvalue weighted by atomic mass is 9.86. The molecule has 2 atom stereocenters. The summed E-state index contributed by atoms with van der Waals surface area (Å²) in [6.07, 6.45) is 6.99. The van der Waals surface area contributed by atoms with Crippen LogP contribution in [0.2, 0.25) is 0 Å². The Balaban J connectivity index is 1.54. The SMILES string of the molecule is Cc1ccccc1C1CN(CC2CCCCC2)CC1CN(C(=O)c1ccccc1)C(C)C. The second-order valence-electron chi connectivity index (χ2n) is 10.4. The van der Waals surface area contributed by atoms with E-state index in [-0.39, 0.29) is 11.9 Å². The Morgan fingerprint density at radius 3 is 2.34 bits per heavy atom. The zero-order chi connectivity index (χ0) is 22.5. The third kappa shape index (κ3) is 5.43. The van der Waals surface area contributed by atoms with E-state index in [2.05, 4.69) is 54.8 Å². The molecule has 2 aromatic carbocycles. The minimum atomic E-state index is 0.162. The fourth-order valence-corrected chi connectivity index (χ4v) is 5.91. The smallest absolute Gasteiger partial charge is 0.254 e. The molecule has 0 spiro atoms. The van der Waals surface area contributed by atoms with Gasteiger partial charge in [-0.3, -0.25) is 4.79 Å². The van der Waals surface area contributed by atoms with Crippen LogP contribution in [0.1, 0.15) is 73.4 Å². The molecule has 1 heterocycles. The topological polar surface area (TPSA) is 23.6 Å². The highest BCUT2D eigenvalue weighted by Gasteiger charge is 2.37. The second-order valence-corrected chi connectivity index (χ2v) is 10.4. The molecule has 1 saturated carbocycles. The van der Waals surface area contributed by atoms with Crippen LogP contribution in [0.15, 0.2) is 54.6 Å². The summed E-state index contributed by atoms with van der Waals surface area (Å²) in [5.41, 5.74) is 3.65. The van der Waals surface area contributed by atoms with Crippen molar-refractivity contribution in [1.29, 1.82) is 0 Å². The lowest BCUT2D eigenvalue weighted by Gasteiger charge is -2.32. The second kappa shape index (κ2) is 10.7.